The van der Waals surface area contributed by atoms with Crippen LogP contribution in [0.1, 0.15) is 43.9 Å². The molecule has 2 aromatic carbocycles. The minimum absolute atomic E-state index is 0.0271. The monoisotopic (exact) mass is 495 g/mol. The van der Waals surface area contributed by atoms with E-state index in [9.17, 15) is 19.4 Å². The molecule has 7 nitrogen and oxygen atoms in total. The molecule has 0 saturated carbocycles. The number of carboxylic acid groups (broad SMARTS) is 1. The molecule has 0 fully saturated rings. The van der Waals surface area contributed by atoms with Gasteiger partial charge in [0.05, 0.1) is 40.2 Å². The molecule has 182 valence electrons. The molecule has 0 unspecified atom stereocenters. The van der Waals surface area contributed by atoms with Crippen molar-refractivity contribution in [3.05, 3.63) is 71.7 Å². The molecule has 35 heavy (non-hydrogen) atoms. The fourth-order valence-electron chi connectivity index (χ4n) is 3.86. The van der Waals surface area contributed by atoms with Crippen molar-refractivity contribution >= 4 is 33.6 Å². The van der Waals surface area contributed by atoms with Gasteiger partial charge < -0.3 is 15.3 Å². The second-order valence-corrected chi connectivity index (χ2v) is 9.61. The van der Waals surface area contributed by atoms with Gasteiger partial charge in [-0.1, -0.05) is 49.5 Å². The third-order valence-corrected chi connectivity index (χ3v) is 6.50. The minimum atomic E-state index is -1.17. The highest BCUT2D eigenvalue weighted by molar-refractivity contribution is 7.20. The summed E-state index contributed by atoms with van der Waals surface area (Å²) in [4.78, 5) is 15.6. The third kappa shape index (κ3) is 5.64. The summed E-state index contributed by atoms with van der Waals surface area (Å²) in [6, 6.07) is 13.9. The Morgan fingerprint density at radius 2 is 1.86 bits per heavy atom. The third-order valence-electron chi connectivity index (χ3n) is 5.49. The number of halogens is 1. The summed E-state index contributed by atoms with van der Waals surface area (Å²) in [5, 5.41) is 34.7. The molecule has 0 radical (unpaired) electrons. The summed E-state index contributed by atoms with van der Waals surface area (Å²) in [7, 11) is 0. The minimum Gasteiger partial charge on any atom is -0.481 e. The Labute approximate surface area is 205 Å². The van der Waals surface area contributed by atoms with Crippen molar-refractivity contribution in [2.24, 2.45) is 0 Å². The number of carbonyl (C=O) groups is 1. The fraction of sp³-hybridized carbons (Fsp3) is 0.269. The molecule has 3 N–H and O–H groups in total. The molecular weight excluding hydrogens is 469 g/mol. The van der Waals surface area contributed by atoms with E-state index in [2.05, 4.69) is 0 Å². The van der Waals surface area contributed by atoms with E-state index in [1.54, 1.807) is 22.9 Å². The number of thiazole rings is 1. The van der Waals surface area contributed by atoms with Crippen LogP contribution < -0.4 is 0 Å². The zero-order valence-corrected chi connectivity index (χ0v) is 20.1. The van der Waals surface area contributed by atoms with Crippen molar-refractivity contribution in [3.63, 3.8) is 0 Å². The van der Waals surface area contributed by atoms with Gasteiger partial charge in [0.25, 0.3) is 0 Å². The van der Waals surface area contributed by atoms with Gasteiger partial charge in [0.2, 0.25) is 5.13 Å². The maximum Gasteiger partial charge on any atom is 0.305 e. The Morgan fingerprint density at radius 1 is 1.14 bits per heavy atom. The zero-order chi connectivity index (χ0) is 25.1. The van der Waals surface area contributed by atoms with Crippen LogP contribution in [0.5, 0.6) is 0 Å². The SMILES string of the molecule is CC(C)c1nn(-c2nc3ccccc3s2)c(-c2ccc(F)cc2)c1/C=C/[C@H](O)C[C@H](O)CC(=O)O. The number of aliphatic hydroxyl groups excluding tert-OH is 2. The fourth-order valence-corrected chi connectivity index (χ4v) is 4.79. The molecule has 2 heterocycles. The smallest absolute Gasteiger partial charge is 0.305 e. The van der Waals surface area contributed by atoms with Gasteiger partial charge in [-0.2, -0.15) is 5.10 Å². The van der Waals surface area contributed by atoms with Crippen molar-refractivity contribution in [1.82, 2.24) is 14.8 Å². The van der Waals surface area contributed by atoms with E-state index in [-0.39, 0.29) is 18.2 Å². The number of aromatic nitrogens is 3. The summed E-state index contributed by atoms with van der Waals surface area (Å²) in [5.41, 5.74) is 3.77. The molecule has 2 aromatic heterocycles. The van der Waals surface area contributed by atoms with Crippen LogP contribution in [0, 0.1) is 5.82 Å². The van der Waals surface area contributed by atoms with E-state index < -0.39 is 24.6 Å². The molecule has 2 atom stereocenters. The Morgan fingerprint density at radius 3 is 2.51 bits per heavy atom. The Kier molecular flexibility index (Phi) is 7.39. The van der Waals surface area contributed by atoms with E-state index in [4.69, 9.17) is 15.2 Å². The number of hydrogen-bond donors (Lipinski definition) is 3. The molecule has 9 heteroatoms. The Bertz CT molecular complexity index is 1330. The van der Waals surface area contributed by atoms with Crippen LogP contribution in [0.15, 0.2) is 54.6 Å². The molecule has 0 bridgehead atoms. The van der Waals surface area contributed by atoms with Gasteiger partial charge >= 0.3 is 5.97 Å². The van der Waals surface area contributed by atoms with Gasteiger partial charge in [-0.25, -0.2) is 14.1 Å². The highest BCUT2D eigenvalue weighted by Gasteiger charge is 2.23. The van der Waals surface area contributed by atoms with Gasteiger partial charge in [0.1, 0.15) is 5.82 Å². The number of benzene rings is 2. The lowest BCUT2D eigenvalue weighted by Gasteiger charge is -2.11. The summed E-state index contributed by atoms with van der Waals surface area (Å²) >= 11 is 1.49. The standard InChI is InChI=1S/C26H26FN3O4S/c1-15(2)24-20(12-11-18(31)13-19(32)14-23(33)34)25(16-7-9-17(27)10-8-16)30(29-24)26-28-21-5-3-4-6-22(21)35-26/h3-12,15,18-19,31-32H,13-14H2,1-2H3,(H,33,34)/b12-11+/t18-,19-/m0/s1. The Hall–Kier alpha value is -3.40. The molecule has 0 spiro atoms. The molecule has 4 rings (SSSR count). The number of hydrogen-bond acceptors (Lipinski definition) is 6. The van der Waals surface area contributed by atoms with Crippen LogP contribution in [-0.2, 0) is 4.79 Å². The van der Waals surface area contributed by atoms with Crippen LogP contribution in [0.25, 0.3) is 32.7 Å². The maximum absolute atomic E-state index is 13.7. The second-order valence-electron chi connectivity index (χ2n) is 8.60. The first-order chi connectivity index (χ1) is 16.7. The average molecular weight is 496 g/mol. The molecule has 0 saturated heterocycles. The summed E-state index contributed by atoms with van der Waals surface area (Å²) < 4.78 is 16.5. The highest BCUT2D eigenvalue weighted by Crippen LogP contribution is 2.36. The molecule has 4 aromatic rings. The summed E-state index contributed by atoms with van der Waals surface area (Å²) in [6.45, 7) is 4.01. The van der Waals surface area contributed by atoms with Gasteiger partial charge in [0, 0.05) is 17.5 Å². The summed E-state index contributed by atoms with van der Waals surface area (Å²) in [6.07, 6.45) is 0.457. The second kappa shape index (κ2) is 10.5. The van der Waals surface area contributed by atoms with E-state index in [0.717, 1.165) is 27.0 Å². The molecular formula is C26H26FN3O4S. The van der Waals surface area contributed by atoms with Gasteiger partial charge in [0.15, 0.2) is 0 Å². The molecule has 0 aliphatic heterocycles. The number of para-hydroxylation sites is 1. The lowest BCUT2D eigenvalue weighted by molar-refractivity contribution is -0.139. The van der Waals surface area contributed by atoms with Crippen LogP contribution in [0.2, 0.25) is 0 Å². The maximum atomic E-state index is 13.7. The highest BCUT2D eigenvalue weighted by atomic mass is 32.1. The normalized spacial score (nSPS) is 13.7. The van der Waals surface area contributed by atoms with Gasteiger partial charge in [-0.15, -0.1) is 0 Å². The first-order valence-corrected chi connectivity index (χ1v) is 12.1. The lowest BCUT2D eigenvalue weighted by atomic mass is 9.98. The number of rotatable bonds is 9. The topological polar surface area (TPSA) is 108 Å². The number of carboxylic acids is 1. The van der Waals surface area contributed by atoms with Crippen molar-refractivity contribution in [1.29, 1.82) is 0 Å². The average Bonchev–Trinajstić information content (AvgIpc) is 3.39. The molecule has 0 amide bonds. The van der Waals surface area contributed by atoms with Crippen molar-refractivity contribution in [2.75, 3.05) is 0 Å². The van der Waals surface area contributed by atoms with Crippen LogP contribution in [0.3, 0.4) is 0 Å². The van der Waals surface area contributed by atoms with Crippen LogP contribution >= 0.6 is 11.3 Å². The van der Waals surface area contributed by atoms with E-state index in [0.29, 0.717) is 10.8 Å². The van der Waals surface area contributed by atoms with Gasteiger partial charge in [-0.3, -0.25) is 4.79 Å². The largest absolute Gasteiger partial charge is 0.481 e. The predicted octanol–water partition coefficient (Wildman–Crippen LogP) is 5.01. The van der Waals surface area contributed by atoms with Crippen molar-refractivity contribution in [2.45, 2.75) is 44.8 Å². The Balaban J connectivity index is 1.82. The van der Waals surface area contributed by atoms with Crippen molar-refractivity contribution in [3.8, 4) is 16.4 Å². The quantitative estimate of drug-likeness (QED) is 0.301. The first-order valence-electron chi connectivity index (χ1n) is 11.2. The first kappa shape index (κ1) is 24.7. The predicted molar refractivity (Wildman–Crippen MR) is 134 cm³/mol. The van der Waals surface area contributed by atoms with Crippen LogP contribution in [0.4, 0.5) is 4.39 Å². The van der Waals surface area contributed by atoms with E-state index in [1.807, 2.05) is 38.1 Å². The molecule has 0 aliphatic carbocycles. The zero-order valence-electron chi connectivity index (χ0n) is 19.3. The van der Waals surface area contributed by atoms with Crippen molar-refractivity contribution < 1.29 is 24.5 Å². The van der Waals surface area contributed by atoms with E-state index >= 15 is 0 Å². The number of aliphatic hydroxyl groups is 2. The molecule has 0 aliphatic rings. The number of nitrogens with zero attached hydrogens (tertiary/aromatic N) is 3. The van der Waals surface area contributed by atoms with Crippen LogP contribution in [-0.4, -0.2) is 48.3 Å². The number of fused-ring (bicyclic) bond motifs is 1. The number of aliphatic carboxylic acids is 1. The van der Waals surface area contributed by atoms with Gasteiger partial charge in [-0.05, 0) is 42.3 Å². The lowest BCUT2D eigenvalue weighted by Crippen LogP contribution is -2.19. The summed E-state index contributed by atoms with van der Waals surface area (Å²) in [5.74, 6) is -1.46. The van der Waals surface area contributed by atoms with E-state index in [1.165, 1.54) is 29.5 Å².